The summed E-state index contributed by atoms with van der Waals surface area (Å²) in [4.78, 5) is 13.2. The van der Waals surface area contributed by atoms with Gasteiger partial charge in [-0.1, -0.05) is 11.6 Å². The van der Waals surface area contributed by atoms with Crippen LogP contribution in [0.5, 0.6) is 17.2 Å². The number of fused-ring (bicyclic) bond motifs is 1. The van der Waals surface area contributed by atoms with Gasteiger partial charge in [0.15, 0.2) is 6.10 Å². The van der Waals surface area contributed by atoms with E-state index in [9.17, 15) is 21.6 Å². The quantitative estimate of drug-likeness (QED) is 0.328. The van der Waals surface area contributed by atoms with Crippen molar-refractivity contribution >= 4 is 43.2 Å². The van der Waals surface area contributed by atoms with Crippen molar-refractivity contribution in [2.45, 2.75) is 15.9 Å². The first kappa shape index (κ1) is 30.9. The Kier molecular flexibility index (Phi) is 9.32. The SMILES string of the molecule is COc1ccc(S(=O)(=O)N2C[C@H](C(=O)NCCOc3ccc(S(=O)(=O)N4CCOCC4)cc3)Oc3ccc(Cl)cc32)cc1. The smallest absolute Gasteiger partial charge is 0.264 e. The standard InChI is InChI=1S/C28H30ClN3O9S2/c1-38-21-3-7-24(8-4-21)43(36,37)32-19-27(41-26-11-2-20(29)18-25(26)32)28(33)30-12-15-40-22-5-9-23(10-6-22)42(34,35)31-13-16-39-17-14-31/h2-11,18,27H,12-17,19H2,1H3,(H,30,33)/t27-/m1/s1. The molecule has 2 aliphatic rings. The number of methoxy groups -OCH3 is 1. The molecule has 2 heterocycles. The van der Waals surface area contributed by atoms with Gasteiger partial charge in [0.2, 0.25) is 10.0 Å². The molecule has 0 radical (unpaired) electrons. The predicted molar refractivity (Wildman–Crippen MR) is 158 cm³/mol. The lowest BCUT2D eigenvalue weighted by Crippen LogP contribution is -2.51. The van der Waals surface area contributed by atoms with Crippen LogP contribution in [0, 0.1) is 0 Å². The number of amides is 1. The third-order valence-electron chi connectivity index (χ3n) is 6.83. The number of morpholine rings is 1. The van der Waals surface area contributed by atoms with E-state index in [4.69, 9.17) is 30.5 Å². The largest absolute Gasteiger partial charge is 0.497 e. The van der Waals surface area contributed by atoms with Gasteiger partial charge >= 0.3 is 0 Å². The first-order valence-electron chi connectivity index (χ1n) is 13.3. The van der Waals surface area contributed by atoms with Crippen molar-refractivity contribution in [3.8, 4) is 17.2 Å². The molecule has 1 amide bonds. The van der Waals surface area contributed by atoms with Crippen LogP contribution in [-0.4, -0.2) is 86.3 Å². The van der Waals surface area contributed by atoms with Crippen molar-refractivity contribution < 1.29 is 40.6 Å². The van der Waals surface area contributed by atoms with Crippen LogP contribution in [0.1, 0.15) is 0 Å². The maximum atomic E-state index is 13.6. The highest BCUT2D eigenvalue weighted by Gasteiger charge is 2.37. The number of nitrogens with zero attached hydrogens (tertiary/aromatic N) is 2. The minimum atomic E-state index is -4.08. The highest BCUT2D eigenvalue weighted by Crippen LogP contribution is 2.39. The van der Waals surface area contributed by atoms with Gasteiger partial charge in [0.25, 0.3) is 15.9 Å². The van der Waals surface area contributed by atoms with E-state index in [0.29, 0.717) is 42.8 Å². The fraction of sp³-hybridized carbons (Fsp3) is 0.321. The van der Waals surface area contributed by atoms with Gasteiger partial charge in [-0.3, -0.25) is 9.10 Å². The maximum absolute atomic E-state index is 13.6. The molecule has 2 aliphatic heterocycles. The summed E-state index contributed by atoms with van der Waals surface area (Å²) in [5.41, 5.74) is 0.217. The third-order valence-corrected chi connectivity index (χ3v) is 10.8. The summed E-state index contributed by atoms with van der Waals surface area (Å²) < 4.78 is 77.1. The molecular formula is C28H30ClN3O9S2. The van der Waals surface area contributed by atoms with Gasteiger partial charge in [-0.15, -0.1) is 0 Å². The Morgan fingerprint density at radius 3 is 2.21 bits per heavy atom. The zero-order chi connectivity index (χ0) is 30.6. The number of carbonyl (C=O) groups is 1. The molecule has 0 unspecified atom stereocenters. The van der Waals surface area contributed by atoms with Gasteiger partial charge < -0.3 is 24.3 Å². The number of nitrogens with one attached hydrogen (secondary N) is 1. The first-order chi connectivity index (χ1) is 20.6. The number of sulfonamides is 2. The summed E-state index contributed by atoms with van der Waals surface area (Å²) >= 11 is 6.15. The molecule has 3 aromatic rings. The lowest BCUT2D eigenvalue weighted by Gasteiger charge is -2.34. The molecule has 1 atom stereocenters. The van der Waals surface area contributed by atoms with E-state index in [0.717, 1.165) is 4.31 Å². The van der Waals surface area contributed by atoms with Crippen molar-refractivity contribution in [2.75, 3.05) is 57.4 Å². The number of hydrogen-bond acceptors (Lipinski definition) is 9. The molecule has 0 aliphatic carbocycles. The predicted octanol–water partition coefficient (Wildman–Crippen LogP) is 2.52. The Morgan fingerprint density at radius 1 is 0.930 bits per heavy atom. The van der Waals surface area contributed by atoms with Crippen LogP contribution in [0.25, 0.3) is 0 Å². The summed E-state index contributed by atoms with van der Waals surface area (Å²) in [5, 5.41) is 3.01. The summed E-state index contributed by atoms with van der Waals surface area (Å²) in [6.07, 6.45) is -1.15. The molecule has 3 aromatic carbocycles. The Morgan fingerprint density at radius 2 is 1.56 bits per heavy atom. The molecule has 1 saturated heterocycles. The Bertz CT molecular complexity index is 1660. The van der Waals surface area contributed by atoms with E-state index in [-0.39, 0.29) is 40.9 Å². The van der Waals surface area contributed by atoms with Gasteiger partial charge in [-0.25, -0.2) is 16.8 Å². The fourth-order valence-corrected chi connectivity index (χ4v) is 7.61. The maximum Gasteiger partial charge on any atom is 0.264 e. The molecule has 0 bridgehead atoms. The van der Waals surface area contributed by atoms with Crippen LogP contribution >= 0.6 is 11.6 Å². The van der Waals surface area contributed by atoms with Crippen LogP contribution < -0.4 is 23.8 Å². The van der Waals surface area contributed by atoms with Crippen LogP contribution in [0.15, 0.2) is 76.5 Å². The average Bonchev–Trinajstić information content (AvgIpc) is 3.03. The second-order valence-corrected chi connectivity index (χ2v) is 13.8. The fourth-order valence-electron chi connectivity index (χ4n) is 4.56. The molecule has 1 N–H and O–H groups in total. The molecule has 5 rings (SSSR count). The van der Waals surface area contributed by atoms with Crippen molar-refractivity contribution in [1.29, 1.82) is 0 Å². The number of benzene rings is 3. The number of halogens is 1. The van der Waals surface area contributed by atoms with Crippen LogP contribution in [0.4, 0.5) is 5.69 Å². The van der Waals surface area contributed by atoms with E-state index in [2.05, 4.69) is 5.32 Å². The topological polar surface area (TPSA) is 141 Å². The summed E-state index contributed by atoms with van der Waals surface area (Å²) in [6.45, 7) is 1.20. The van der Waals surface area contributed by atoms with Crippen molar-refractivity contribution in [1.82, 2.24) is 9.62 Å². The van der Waals surface area contributed by atoms with E-state index in [1.165, 1.54) is 59.9 Å². The molecular weight excluding hydrogens is 622 g/mol. The van der Waals surface area contributed by atoms with Crippen LogP contribution in [-0.2, 0) is 29.6 Å². The van der Waals surface area contributed by atoms with Crippen molar-refractivity contribution in [3.63, 3.8) is 0 Å². The zero-order valence-electron chi connectivity index (χ0n) is 23.1. The van der Waals surface area contributed by atoms with Gasteiger partial charge in [0.1, 0.15) is 23.9 Å². The minimum Gasteiger partial charge on any atom is -0.497 e. The zero-order valence-corrected chi connectivity index (χ0v) is 25.5. The van der Waals surface area contributed by atoms with Gasteiger partial charge in [0, 0.05) is 18.1 Å². The molecule has 43 heavy (non-hydrogen) atoms. The number of carbonyl (C=O) groups excluding carboxylic acids is 1. The van der Waals surface area contributed by atoms with E-state index < -0.39 is 32.1 Å². The second-order valence-electron chi connectivity index (χ2n) is 9.56. The summed E-state index contributed by atoms with van der Waals surface area (Å²) in [6, 6.07) is 16.5. The Balaban J connectivity index is 1.20. The van der Waals surface area contributed by atoms with E-state index >= 15 is 0 Å². The Hall–Kier alpha value is -3.56. The average molecular weight is 652 g/mol. The van der Waals surface area contributed by atoms with E-state index in [1.54, 1.807) is 18.2 Å². The van der Waals surface area contributed by atoms with Gasteiger partial charge in [-0.2, -0.15) is 4.31 Å². The molecule has 230 valence electrons. The normalized spacial score (nSPS) is 17.4. The first-order valence-corrected chi connectivity index (χ1v) is 16.6. The molecule has 1 fully saturated rings. The lowest BCUT2D eigenvalue weighted by molar-refractivity contribution is -0.127. The number of anilines is 1. The lowest BCUT2D eigenvalue weighted by atomic mass is 10.2. The number of ether oxygens (including phenoxy) is 4. The molecule has 0 saturated carbocycles. The van der Waals surface area contributed by atoms with Gasteiger partial charge in [0.05, 0.1) is 48.9 Å². The molecule has 12 nitrogen and oxygen atoms in total. The van der Waals surface area contributed by atoms with Crippen molar-refractivity contribution in [3.05, 3.63) is 71.8 Å². The van der Waals surface area contributed by atoms with Crippen LogP contribution in [0.3, 0.4) is 0 Å². The third kappa shape index (κ3) is 6.83. The van der Waals surface area contributed by atoms with E-state index in [1.807, 2.05) is 0 Å². The van der Waals surface area contributed by atoms with Crippen LogP contribution in [0.2, 0.25) is 5.02 Å². The molecule has 0 spiro atoms. The van der Waals surface area contributed by atoms with Crippen molar-refractivity contribution in [2.24, 2.45) is 0 Å². The highest BCUT2D eigenvalue weighted by molar-refractivity contribution is 7.92. The number of rotatable bonds is 10. The summed E-state index contributed by atoms with van der Waals surface area (Å²) in [7, 11) is -6.22. The summed E-state index contributed by atoms with van der Waals surface area (Å²) in [5.74, 6) is 0.576. The van der Waals surface area contributed by atoms with Gasteiger partial charge in [-0.05, 0) is 66.7 Å². The number of hydrogen-bond donors (Lipinski definition) is 1. The second kappa shape index (κ2) is 13.0. The minimum absolute atomic E-state index is 0.0115. The highest BCUT2D eigenvalue weighted by atomic mass is 35.5. The monoisotopic (exact) mass is 651 g/mol. The molecule has 15 heteroatoms. The molecule has 0 aromatic heterocycles. The Labute approximate surface area is 255 Å².